The minimum Gasteiger partial charge on any atom is -0.444 e. The topological polar surface area (TPSA) is 67.9 Å². The standard InChI is InChI=1S/C16H24FN3O2S/c1-14(2,3)22-13(21)20-9-6-15(17,7-10-20)11-16(12(18)23)5-4-8-19-16/h4-5,8H,6-7,9-11H2,1-3H3,(H2,18,23). The predicted molar refractivity (Wildman–Crippen MR) is 92.6 cm³/mol. The smallest absolute Gasteiger partial charge is 0.410 e. The highest BCUT2D eigenvalue weighted by Crippen LogP contribution is 2.38. The number of halogens is 1. The van der Waals surface area contributed by atoms with Crippen LogP contribution in [0.15, 0.2) is 17.1 Å². The van der Waals surface area contributed by atoms with Crippen LogP contribution in [0.2, 0.25) is 0 Å². The molecule has 2 aliphatic heterocycles. The van der Waals surface area contributed by atoms with Gasteiger partial charge < -0.3 is 15.4 Å². The lowest BCUT2D eigenvalue weighted by atomic mass is 9.80. The third kappa shape index (κ3) is 4.28. The molecule has 0 spiro atoms. The normalized spacial score (nSPS) is 26.3. The number of hydrogen-bond acceptors (Lipinski definition) is 4. The Bertz CT molecular complexity index is 534. The molecule has 0 bridgehead atoms. The Labute approximate surface area is 141 Å². The maximum Gasteiger partial charge on any atom is 0.410 e. The molecular formula is C16H24FN3O2S. The van der Waals surface area contributed by atoms with Gasteiger partial charge in [-0.15, -0.1) is 0 Å². The van der Waals surface area contributed by atoms with Gasteiger partial charge in [0.2, 0.25) is 0 Å². The van der Waals surface area contributed by atoms with E-state index in [1.165, 1.54) is 0 Å². The third-order valence-electron chi connectivity index (χ3n) is 4.09. The summed E-state index contributed by atoms with van der Waals surface area (Å²) in [5.41, 5.74) is 2.83. The van der Waals surface area contributed by atoms with Crippen molar-refractivity contribution in [1.82, 2.24) is 4.90 Å². The van der Waals surface area contributed by atoms with Gasteiger partial charge in [0, 0.05) is 25.7 Å². The van der Waals surface area contributed by atoms with Crippen molar-refractivity contribution >= 4 is 29.5 Å². The molecule has 2 heterocycles. The molecule has 2 N–H and O–H groups in total. The second-order valence-corrected chi connectivity index (χ2v) is 7.66. The van der Waals surface area contributed by atoms with Crippen molar-refractivity contribution in [3.05, 3.63) is 12.2 Å². The van der Waals surface area contributed by atoms with E-state index in [-0.39, 0.29) is 24.3 Å². The summed E-state index contributed by atoms with van der Waals surface area (Å²) in [5, 5.41) is 0. The van der Waals surface area contributed by atoms with Crippen molar-refractivity contribution in [1.29, 1.82) is 0 Å². The Balaban J connectivity index is 1.97. The Morgan fingerprint density at radius 2 is 2.04 bits per heavy atom. The Hall–Kier alpha value is -1.50. The number of ether oxygens (including phenoxy) is 1. The Morgan fingerprint density at radius 3 is 2.48 bits per heavy atom. The largest absolute Gasteiger partial charge is 0.444 e. The van der Waals surface area contributed by atoms with Gasteiger partial charge in [-0.2, -0.15) is 0 Å². The summed E-state index contributed by atoms with van der Waals surface area (Å²) in [6.07, 6.45) is 5.24. The van der Waals surface area contributed by atoms with Crippen molar-refractivity contribution in [2.75, 3.05) is 13.1 Å². The van der Waals surface area contributed by atoms with Gasteiger partial charge >= 0.3 is 6.09 Å². The van der Waals surface area contributed by atoms with Crippen molar-refractivity contribution < 1.29 is 13.9 Å². The van der Waals surface area contributed by atoms with E-state index in [0.29, 0.717) is 13.1 Å². The molecule has 1 saturated heterocycles. The zero-order chi connectivity index (χ0) is 17.3. The summed E-state index contributed by atoms with van der Waals surface area (Å²) >= 11 is 5.07. The van der Waals surface area contributed by atoms with Crippen LogP contribution in [0.3, 0.4) is 0 Å². The average Bonchev–Trinajstić information content (AvgIpc) is 2.86. The van der Waals surface area contributed by atoms with E-state index < -0.39 is 22.9 Å². The average molecular weight is 341 g/mol. The highest BCUT2D eigenvalue weighted by molar-refractivity contribution is 7.80. The maximum atomic E-state index is 15.2. The van der Waals surface area contributed by atoms with E-state index in [9.17, 15) is 4.79 Å². The number of alkyl halides is 1. The van der Waals surface area contributed by atoms with Crippen LogP contribution < -0.4 is 5.73 Å². The number of nitrogens with zero attached hydrogens (tertiary/aromatic N) is 2. The van der Waals surface area contributed by atoms with Gasteiger partial charge in [-0.1, -0.05) is 12.2 Å². The molecule has 0 aromatic rings. The van der Waals surface area contributed by atoms with E-state index >= 15 is 4.39 Å². The van der Waals surface area contributed by atoms with Crippen molar-refractivity contribution in [2.24, 2.45) is 10.7 Å². The van der Waals surface area contributed by atoms with Crippen LogP contribution in [-0.4, -0.2) is 52.1 Å². The van der Waals surface area contributed by atoms with Crippen LogP contribution in [0, 0.1) is 0 Å². The highest BCUT2D eigenvalue weighted by atomic mass is 32.1. The first-order valence-corrected chi connectivity index (χ1v) is 8.16. The first kappa shape index (κ1) is 17.8. The van der Waals surface area contributed by atoms with Gasteiger partial charge in [-0.3, -0.25) is 4.99 Å². The number of rotatable bonds is 3. The molecule has 1 unspecified atom stereocenters. The van der Waals surface area contributed by atoms with Crippen molar-refractivity contribution in [3.63, 3.8) is 0 Å². The van der Waals surface area contributed by atoms with Crippen LogP contribution in [0.5, 0.6) is 0 Å². The predicted octanol–water partition coefficient (Wildman–Crippen LogP) is 2.78. The van der Waals surface area contributed by atoms with Crippen molar-refractivity contribution in [3.8, 4) is 0 Å². The molecule has 1 fully saturated rings. The van der Waals surface area contributed by atoms with Gasteiger partial charge in [-0.25, -0.2) is 9.18 Å². The molecule has 1 atom stereocenters. The van der Waals surface area contributed by atoms with Crippen LogP contribution >= 0.6 is 12.2 Å². The van der Waals surface area contributed by atoms with E-state index in [1.54, 1.807) is 23.3 Å². The van der Waals surface area contributed by atoms with E-state index in [1.807, 2.05) is 20.8 Å². The second kappa shape index (κ2) is 6.19. The molecule has 0 saturated carbocycles. The van der Waals surface area contributed by atoms with Crippen LogP contribution in [-0.2, 0) is 4.74 Å². The molecule has 2 aliphatic rings. The first-order valence-electron chi connectivity index (χ1n) is 7.75. The number of allylic oxidation sites excluding steroid dienone is 1. The molecular weight excluding hydrogens is 317 g/mol. The fourth-order valence-electron chi connectivity index (χ4n) is 2.84. The van der Waals surface area contributed by atoms with E-state index in [0.717, 1.165) is 0 Å². The van der Waals surface area contributed by atoms with Gasteiger partial charge in [-0.05, 0) is 45.8 Å². The maximum absolute atomic E-state index is 15.2. The molecule has 2 rings (SSSR count). The quantitative estimate of drug-likeness (QED) is 0.802. The number of likely N-dealkylation sites (tertiary alicyclic amines) is 1. The van der Waals surface area contributed by atoms with Crippen molar-refractivity contribution in [2.45, 2.75) is 56.8 Å². The summed E-state index contributed by atoms with van der Waals surface area (Å²) in [6, 6.07) is 0. The molecule has 0 aliphatic carbocycles. The lowest BCUT2D eigenvalue weighted by molar-refractivity contribution is -0.000113. The fourth-order valence-corrected chi connectivity index (χ4v) is 3.03. The monoisotopic (exact) mass is 341 g/mol. The first-order chi connectivity index (χ1) is 10.6. The molecule has 128 valence electrons. The summed E-state index contributed by atoms with van der Waals surface area (Å²) in [4.78, 5) is 18.0. The van der Waals surface area contributed by atoms with Crippen LogP contribution in [0.1, 0.15) is 40.0 Å². The Kier molecular flexibility index (Phi) is 4.80. The lowest BCUT2D eigenvalue weighted by Gasteiger charge is -2.40. The molecule has 0 radical (unpaired) electrons. The molecule has 1 amide bonds. The molecule has 0 aromatic carbocycles. The van der Waals surface area contributed by atoms with Gasteiger partial charge in [0.25, 0.3) is 0 Å². The number of carbonyl (C=O) groups is 1. The number of carbonyl (C=O) groups excluding carboxylic acids is 1. The lowest BCUT2D eigenvalue weighted by Crippen LogP contribution is -2.51. The summed E-state index contributed by atoms with van der Waals surface area (Å²) in [5.74, 6) is 0. The SMILES string of the molecule is CC(C)(C)OC(=O)N1CCC(F)(CC2(C(N)=S)C=CC=N2)CC1. The van der Waals surface area contributed by atoms with Crippen LogP contribution in [0.4, 0.5) is 9.18 Å². The summed E-state index contributed by atoms with van der Waals surface area (Å²) in [6.45, 7) is 6.05. The second-order valence-electron chi connectivity index (χ2n) is 7.22. The zero-order valence-electron chi connectivity index (χ0n) is 13.8. The van der Waals surface area contributed by atoms with Gasteiger partial charge in [0.05, 0.1) is 0 Å². The molecule has 23 heavy (non-hydrogen) atoms. The molecule has 0 aromatic heterocycles. The summed E-state index contributed by atoms with van der Waals surface area (Å²) in [7, 11) is 0. The number of amides is 1. The number of hydrogen-bond donors (Lipinski definition) is 1. The third-order valence-corrected chi connectivity index (χ3v) is 4.44. The number of aliphatic imine (C=N–C) groups is 1. The molecule has 5 nitrogen and oxygen atoms in total. The number of piperidine rings is 1. The van der Waals surface area contributed by atoms with Gasteiger partial charge in [0.15, 0.2) is 0 Å². The van der Waals surface area contributed by atoms with E-state index in [4.69, 9.17) is 22.7 Å². The molecule has 7 heteroatoms. The minimum atomic E-state index is -1.45. The van der Waals surface area contributed by atoms with E-state index in [2.05, 4.69) is 4.99 Å². The van der Waals surface area contributed by atoms with Crippen LogP contribution in [0.25, 0.3) is 0 Å². The summed E-state index contributed by atoms with van der Waals surface area (Å²) < 4.78 is 20.5. The zero-order valence-corrected chi connectivity index (χ0v) is 14.7. The Morgan fingerprint density at radius 1 is 1.43 bits per heavy atom. The van der Waals surface area contributed by atoms with Gasteiger partial charge in [0.1, 0.15) is 21.8 Å². The minimum absolute atomic E-state index is 0.116. The highest BCUT2D eigenvalue weighted by Gasteiger charge is 2.45. The number of nitrogens with two attached hydrogens (primary N) is 1. The number of thiocarbonyl (C=S) groups is 1. The fraction of sp³-hybridized carbons (Fsp3) is 0.688.